The molecular formula is C21H19BrN6O2S. The molecule has 31 heavy (non-hydrogen) atoms. The highest BCUT2D eigenvalue weighted by atomic mass is 79.9. The maximum Gasteiger partial charge on any atom is 0.271 e. The number of fused-ring (bicyclic) bond motifs is 1. The molecule has 1 aromatic carbocycles. The van der Waals surface area contributed by atoms with Crippen LogP contribution in [0, 0.1) is 0 Å². The first-order valence-electron chi connectivity index (χ1n) is 9.85. The van der Waals surface area contributed by atoms with Crippen molar-refractivity contribution in [1.29, 1.82) is 0 Å². The Kier molecular flexibility index (Phi) is 5.43. The van der Waals surface area contributed by atoms with Crippen LogP contribution in [-0.4, -0.2) is 61.5 Å². The van der Waals surface area contributed by atoms with E-state index in [-0.39, 0.29) is 11.5 Å². The second-order valence-corrected chi connectivity index (χ2v) is 9.17. The number of hydrogen-bond donors (Lipinski definition) is 1. The van der Waals surface area contributed by atoms with E-state index in [4.69, 9.17) is 0 Å². The number of nitrogens with one attached hydrogen (secondary N) is 1. The summed E-state index contributed by atoms with van der Waals surface area (Å²) >= 11 is 4.87. The molecule has 1 N–H and O–H groups in total. The summed E-state index contributed by atoms with van der Waals surface area (Å²) in [4.78, 5) is 34.4. The maximum atomic E-state index is 12.9. The average Bonchev–Trinajstić information content (AvgIpc) is 3.44. The second-order valence-electron chi connectivity index (χ2n) is 7.38. The Hall–Kier alpha value is -2.82. The Labute approximate surface area is 190 Å². The number of carbonyl (C=O) groups is 1. The van der Waals surface area contributed by atoms with Gasteiger partial charge in [0, 0.05) is 60.4 Å². The molecule has 5 rings (SSSR count). The molecule has 0 saturated carbocycles. The average molecular weight is 499 g/mol. The number of halogens is 1. The van der Waals surface area contributed by atoms with E-state index >= 15 is 0 Å². The van der Waals surface area contributed by atoms with Crippen molar-refractivity contribution in [2.24, 2.45) is 0 Å². The van der Waals surface area contributed by atoms with Crippen LogP contribution in [0.5, 0.6) is 0 Å². The van der Waals surface area contributed by atoms with Crippen molar-refractivity contribution in [3.8, 4) is 11.3 Å². The summed E-state index contributed by atoms with van der Waals surface area (Å²) in [7, 11) is 0. The van der Waals surface area contributed by atoms with Gasteiger partial charge < -0.3 is 4.90 Å². The standard InChI is InChI=1S/C21H19BrN6O2S/c22-15-3-1-14(2-4-15)17-12-18(25-24-17)20(30)27-7-5-26(6-8-27)13-16-11-19(29)28-9-10-31-21(28)23-16/h1-4,9-12H,5-8,13H2,(H,24,25). The van der Waals surface area contributed by atoms with Crippen molar-refractivity contribution in [2.75, 3.05) is 26.2 Å². The van der Waals surface area contributed by atoms with E-state index in [0.717, 1.165) is 34.5 Å². The lowest BCUT2D eigenvalue weighted by Gasteiger charge is -2.34. The third kappa shape index (κ3) is 4.18. The fraction of sp³-hybridized carbons (Fsp3) is 0.238. The van der Waals surface area contributed by atoms with Gasteiger partial charge in [0.25, 0.3) is 11.5 Å². The molecule has 1 amide bonds. The molecule has 0 unspecified atom stereocenters. The first-order chi connectivity index (χ1) is 15.1. The fourth-order valence-electron chi connectivity index (χ4n) is 3.68. The number of carbonyl (C=O) groups excluding carboxylic acids is 1. The van der Waals surface area contributed by atoms with Crippen LogP contribution in [0.25, 0.3) is 16.2 Å². The van der Waals surface area contributed by atoms with Gasteiger partial charge in [0.2, 0.25) is 0 Å². The van der Waals surface area contributed by atoms with E-state index in [1.165, 1.54) is 11.3 Å². The largest absolute Gasteiger partial charge is 0.335 e. The number of aromatic nitrogens is 4. The van der Waals surface area contributed by atoms with Crippen molar-refractivity contribution in [3.05, 3.63) is 74.2 Å². The molecule has 1 aliphatic heterocycles. The van der Waals surface area contributed by atoms with Gasteiger partial charge in [0.05, 0.1) is 11.4 Å². The highest BCUT2D eigenvalue weighted by molar-refractivity contribution is 9.10. The Morgan fingerprint density at radius 2 is 1.90 bits per heavy atom. The van der Waals surface area contributed by atoms with Crippen molar-refractivity contribution in [3.63, 3.8) is 0 Å². The Bertz CT molecular complexity index is 1290. The Balaban J connectivity index is 1.21. The van der Waals surface area contributed by atoms with Gasteiger partial charge in [-0.15, -0.1) is 11.3 Å². The van der Waals surface area contributed by atoms with E-state index in [2.05, 4.69) is 36.0 Å². The van der Waals surface area contributed by atoms with Crippen molar-refractivity contribution >= 4 is 38.1 Å². The van der Waals surface area contributed by atoms with Gasteiger partial charge in [-0.2, -0.15) is 5.10 Å². The summed E-state index contributed by atoms with van der Waals surface area (Å²) in [5.74, 6) is -0.0492. The molecule has 0 spiro atoms. The van der Waals surface area contributed by atoms with Gasteiger partial charge in [-0.3, -0.25) is 24.0 Å². The summed E-state index contributed by atoms with van der Waals surface area (Å²) in [6.07, 6.45) is 1.74. The van der Waals surface area contributed by atoms with E-state index in [0.29, 0.717) is 30.3 Å². The van der Waals surface area contributed by atoms with E-state index in [9.17, 15) is 9.59 Å². The number of H-pyrrole nitrogens is 1. The maximum absolute atomic E-state index is 12.9. The van der Waals surface area contributed by atoms with Gasteiger partial charge in [-0.05, 0) is 18.2 Å². The molecule has 1 fully saturated rings. The normalized spacial score (nSPS) is 14.9. The van der Waals surface area contributed by atoms with E-state index < -0.39 is 0 Å². The first-order valence-corrected chi connectivity index (χ1v) is 11.5. The van der Waals surface area contributed by atoms with Crippen LogP contribution in [-0.2, 0) is 6.54 Å². The molecule has 0 radical (unpaired) electrons. The second kappa shape index (κ2) is 8.37. The van der Waals surface area contributed by atoms with Gasteiger partial charge in [-0.25, -0.2) is 4.98 Å². The SMILES string of the molecule is O=C(c1cc(-c2ccc(Br)cc2)n[nH]1)N1CCN(Cc2cc(=O)n3ccsc3n2)CC1. The molecule has 158 valence electrons. The minimum atomic E-state index is -0.0594. The Morgan fingerprint density at radius 1 is 1.13 bits per heavy atom. The number of nitrogens with zero attached hydrogens (tertiary/aromatic N) is 5. The lowest BCUT2D eigenvalue weighted by atomic mass is 10.1. The summed E-state index contributed by atoms with van der Waals surface area (Å²) in [6.45, 7) is 3.29. The lowest BCUT2D eigenvalue weighted by molar-refractivity contribution is 0.0621. The van der Waals surface area contributed by atoms with E-state index in [1.807, 2.05) is 34.5 Å². The van der Waals surface area contributed by atoms with Crippen LogP contribution < -0.4 is 5.56 Å². The first kappa shape index (κ1) is 20.1. The minimum absolute atomic E-state index is 0.0492. The smallest absolute Gasteiger partial charge is 0.271 e. The number of piperazine rings is 1. The summed E-state index contributed by atoms with van der Waals surface area (Å²) < 4.78 is 2.55. The van der Waals surface area contributed by atoms with Crippen molar-refractivity contribution < 1.29 is 4.79 Å². The number of hydrogen-bond acceptors (Lipinski definition) is 6. The minimum Gasteiger partial charge on any atom is -0.335 e. The molecule has 0 atom stereocenters. The summed E-state index contributed by atoms with van der Waals surface area (Å²) in [6, 6.07) is 11.2. The third-order valence-electron chi connectivity index (χ3n) is 5.35. The molecule has 3 aromatic heterocycles. The van der Waals surface area contributed by atoms with Crippen LogP contribution in [0.2, 0.25) is 0 Å². The van der Waals surface area contributed by atoms with Gasteiger partial charge in [0.1, 0.15) is 5.69 Å². The number of rotatable bonds is 4. The van der Waals surface area contributed by atoms with Crippen molar-refractivity contribution in [1.82, 2.24) is 29.4 Å². The quantitative estimate of drug-likeness (QED) is 0.467. The zero-order valence-electron chi connectivity index (χ0n) is 16.5. The van der Waals surface area contributed by atoms with Crippen LogP contribution in [0.1, 0.15) is 16.2 Å². The van der Waals surface area contributed by atoms with Crippen LogP contribution in [0.4, 0.5) is 0 Å². The lowest BCUT2D eigenvalue weighted by Crippen LogP contribution is -2.48. The molecule has 1 aliphatic rings. The molecule has 1 saturated heterocycles. The highest BCUT2D eigenvalue weighted by Gasteiger charge is 2.24. The van der Waals surface area contributed by atoms with Gasteiger partial charge in [-0.1, -0.05) is 28.1 Å². The monoisotopic (exact) mass is 498 g/mol. The highest BCUT2D eigenvalue weighted by Crippen LogP contribution is 2.21. The Morgan fingerprint density at radius 3 is 2.68 bits per heavy atom. The molecule has 4 heterocycles. The van der Waals surface area contributed by atoms with Gasteiger partial charge in [0.15, 0.2) is 4.96 Å². The number of amides is 1. The topological polar surface area (TPSA) is 86.6 Å². The fourth-order valence-corrected chi connectivity index (χ4v) is 4.68. The molecule has 0 bridgehead atoms. The zero-order valence-corrected chi connectivity index (χ0v) is 18.9. The van der Waals surface area contributed by atoms with Crippen molar-refractivity contribution in [2.45, 2.75) is 6.54 Å². The number of thiazole rings is 1. The molecule has 0 aliphatic carbocycles. The van der Waals surface area contributed by atoms with E-state index in [1.54, 1.807) is 22.7 Å². The summed E-state index contributed by atoms with van der Waals surface area (Å²) in [5, 5.41) is 9.03. The number of aromatic amines is 1. The molecule has 8 nitrogen and oxygen atoms in total. The number of benzene rings is 1. The van der Waals surface area contributed by atoms with Crippen LogP contribution in [0.15, 0.2) is 57.2 Å². The summed E-state index contributed by atoms with van der Waals surface area (Å²) in [5.41, 5.74) is 2.89. The molecule has 10 heteroatoms. The van der Waals surface area contributed by atoms with Gasteiger partial charge >= 0.3 is 0 Å². The third-order valence-corrected chi connectivity index (χ3v) is 6.63. The molecule has 4 aromatic rings. The predicted octanol–water partition coefficient (Wildman–Crippen LogP) is 2.87. The molecular weight excluding hydrogens is 480 g/mol. The zero-order chi connectivity index (χ0) is 21.4. The van der Waals surface area contributed by atoms with Crippen LogP contribution in [0.3, 0.4) is 0 Å². The van der Waals surface area contributed by atoms with Crippen LogP contribution >= 0.6 is 27.3 Å². The predicted molar refractivity (Wildman–Crippen MR) is 122 cm³/mol.